The molecule has 0 spiro atoms. The molecule has 0 saturated heterocycles. The number of carbonyl (C=O) groups is 2. The second-order valence-electron chi connectivity index (χ2n) is 26.1. The zero-order valence-electron chi connectivity index (χ0n) is 57.5. The van der Waals surface area contributed by atoms with Gasteiger partial charge in [-0.2, -0.15) is 10.5 Å². The minimum absolute atomic E-state index is 0.159. The van der Waals surface area contributed by atoms with Crippen LogP contribution in [0.2, 0.25) is 0 Å². The lowest BCUT2D eigenvalue weighted by Gasteiger charge is -2.24. The number of hydrogen-bond donors (Lipinski definition) is 0. The number of thiophene rings is 2. The first kappa shape index (κ1) is 65.8. The van der Waals surface area contributed by atoms with Crippen molar-refractivity contribution in [3.05, 3.63) is 372 Å². The Morgan fingerprint density at radius 3 is 1.01 bits per heavy atom. The van der Waals surface area contributed by atoms with E-state index in [0.717, 1.165) is 64.3 Å². The zero-order chi connectivity index (χ0) is 72.6. The molecule has 0 saturated carbocycles. The Hall–Kier alpha value is -14.2. The van der Waals surface area contributed by atoms with Gasteiger partial charge in [-0.1, -0.05) is 252 Å². The average molecular weight is 1420 g/mol. The number of carbonyl (C=O) groups excluding carboxylic acids is 2. The van der Waals surface area contributed by atoms with E-state index in [0.29, 0.717) is 75.8 Å². The van der Waals surface area contributed by atoms with Crippen molar-refractivity contribution in [3.63, 3.8) is 0 Å². The fourth-order valence-electron chi connectivity index (χ4n) is 14.7. The van der Waals surface area contributed by atoms with Crippen LogP contribution < -0.4 is 42.0 Å². The summed E-state index contributed by atoms with van der Waals surface area (Å²) in [5, 5.41) is 29.4. The largest absolute Gasteiger partial charge is 0.422 e. The first-order valence-corrected chi connectivity index (χ1v) is 36.8. The van der Waals surface area contributed by atoms with Crippen molar-refractivity contribution < 1.29 is 19.1 Å². The maximum Gasteiger partial charge on any atom is 0.353 e. The molecule has 108 heavy (non-hydrogen) atoms. The van der Waals surface area contributed by atoms with Crippen LogP contribution in [-0.2, 0) is 0 Å². The molecule has 0 unspecified atom stereocenters. The minimum Gasteiger partial charge on any atom is -0.422 e. The van der Waals surface area contributed by atoms with Crippen molar-refractivity contribution in [3.8, 4) is 68.4 Å². The van der Waals surface area contributed by atoms with Gasteiger partial charge in [0.1, 0.15) is 55.9 Å². The Labute approximate surface area is 628 Å². The topological polar surface area (TPSA) is 162 Å². The van der Waals surface area contributed by atoms with Gasteiger partial charge in [-0.3, -0.25) is 9.97 Å². The summed E-state index contributed by atoms with van der Waals surface area (Å²) in [6, 6.07) is 113. The highest BCUT2D eigenvalue weighted by molar-refractivity contribution is 7.21. The third-order valence-corrected chi connectivity index (χ3v) is 21.8. The van der Waals surface area contributed by atoms with E-state index in [4.69, 9.17) is 29.4 Å². The summed E-state index contributed by atoms with van der Waals surface area (Å²) in [5.74, 6) is -0.443. The molecule has 0 amide bonds. The van der Waals surface area contributed by atoms with Gasteiger partial charge in [0, 0.05) is 31.6 Å². The highest BCUT2D eigenvalue weighted by atomic mass is 32.1. The standard InChI is InChI=1S/C92H56B2N8O4S2/c95-55-73(79-57-97-77-51-63(43-49-75(77)99-79)59-23-7-1-8-24-59)89-85-86(88(101(89)93(67-29-11-3-12-30-67)68-31-13-4-14-32-68)62-41-47-72(48-42-62)106-92(104)84-54-66-28-20-22-38-82(66)108-84)90(74(56-96)80-58-98-78-52-64(44-50-76(78)100-80)60-25-9-2-10-26-60)102(94(69-33-15-5-16-34-69)70-35-17-6-18-36-70)87(85)61-39-45-71(46-40-61)105-91(103)83-53-65-27-19-21-37-81(65)107-83/h1-54,57-58H/b89-73-,90-74-. The average Bonchev–Trinajstić information content (AvgIpc) is 1.52. The molecule has 0 bridgehead atoms. The Balaban J connectivity index is 1.02. The number of fused-ring (bicyclic) bond motifs is 5. The molecule has 18 rings (SSSR count). The number of hydrogen-bond acceptors (Lipinski definition) is 12. The van der Waals surface area contributed by atoms with E-state index >= 15 is 0 Å². The lowest BCUT2D eigenvalue weighted by atomic mass is 9.50. The van der Waals surface area contributed by atoms with Gasteiger partial charge in [0.05, 0.1) is 45.2 Å². The first-order valence-electron chi connectivity index (χ1n) is 35.1. The zero-order valence-corrected chi connectivity index (χ0v) is 59.1. The number of benzene rings is 12. The van der Waals surface area contributed by atoms with Gasteiger partial charge in [-0.05, 0) is 141 Å². The maximum atomic E-state index is 14.3. The fourth-order valence-corrected chi connectivity index (χ4v) is 16.6. The molecule has 6 aromatic heterocycles. The van der Waals surface area contributed by atoms with Crippen LogP contribution in [0, 0.1) is 22.7 Å². The SMILES string of the molecule is N#C/C(c1cnc2cc(-c3ccccc3)ccc2n1)=c1\c2c(-c3ccc(OC(=O)c4cc5ccccc5s4)cc3)n(B(c3ccccc3)c3ccccc3)/c(=C(/C#N)c3cnc4cc(-c5ccccc5)ccc4n3)c2c(-c2ccc(OC(=O)c3cc4ccccc4s3)cc2)n1B(c1ccccc1)c1ccccc1. The molecular weight excluding hydrogens is 1370 g/mol. The Kier molecular flexibility index (Phi) is 17.4. The number of rotatable bonds is 16. The number of ether oxygens (including phenoxy) is 2. The van der Waals surface area contributed by atoms with Crippen LogP contribution >= 0.6 is 22.7 Å². The van der Waals surface area contributed by atoms with E-state index in [1.165, 1.54) is 22.7 Å². The number of nitriles is 2. The van der Waals surface area contributed by atoms with Gasteiger partial charge < -0.3 is 18.4 Å². The highest BCUT2D eigenvalue weighted by Crippen LogP contribution is 2.39. The molecule has 0 N–H and O–H groups in total. The van der Waals surface area contributed by atoms with Crippen LogP contribution in [0.25, 0.3) is 109 Å². The van der Waals surface area contributed by atoms with Crippen molar-refractivity contribution in [2.75, 3.05) is 0 Å². The van der Waals surface area contributed by atoms with Crippen molar-refractivity contribution in [1.82, 2.24) is 28.9 Å². The molecule has 0 atom stereocenters. The van der Waals surface area contributed by atoms with E-state index in [1.807, 2.05) is 231 Å². The molecule has 18 aromatic rings. The van der Waals surface area contributed by atoms with Crippen molar-refractivity contribution in [2.45, 2.75) is 0 Å². The van der Waals surface area contributed by atoms with Gasteiger partial charge in [0.25, 0.3) is 0 Å². The summed E-state index contributed by atoms with van der Waals surface area (Å²) < 4.78 is 19.0. The molecule has 16 heteroatoms. The molecule has 0 aliphatic rings. The molecular formula is C92H56B2N8O4S2. The molecule has 0 aliphatic carbocycles. The van der Waals surface area contributed by atoms with Crippen molar-refractivity contribution in [2.24, 2.45) is 0 Å². The summed E-state index contributed by atoms with van der Waals surface area (Å²) in [7, 11) is 0. The second-order valence-corrected chi connectivity index (χ2v) is 28.2. The Morgan fingerprint density at radius 1 is 0.343 bits per heavy atom. The summed E-state index contributed by atoms with van der Waals surface area (Å²) in [6.07, 6.45) is 3.35. The quantitative estimate of drug-likeness (QED) is 0.0517. The van der Waals surface area contributed by atoms with Crippen LogP contribution in [0.3, 0.4) is 0 Å². The predicted molar refractivity (Wildman–Crippen MR) is 436 cm³/mol. The maximum absolute atomic E-state index is 14.3. The molecule has 506 valence electrons. The van der Waals surface area contributed by atoms with E-state index in [1.54, 1.807) is 36.7 Å². The van der Waals surface area contributed by atoms with Gasteiger partial charge in [0.15, 0.2) is 0 Å². The van der Waals surface area contributed by atoms with Crippen molar-refractivity contribution in [1.29, 1.82) is 10.5 Å². The van der Waals surface area contributed by atoms with E-state index in [-0.39, 0.29) is 34.0 Å². The van der Waals surface area contributed by atoms with E-state index in [9.17, 15) is 20.1 Å². The summed E-state index contributed by atoms with van der Waals surface area (Å²) in [6.45, 7) is -1.48. The van der Waals surface area contributed by atoms with Crippen LogP contribution in [0.4, 0.5) is 0 Å². The molecule has 12 aromatic carbocycles. The van der Waals surface area contributed by atoms with Gasteiger partial charge in [-0.25, -0.2) is 19.6 Å². The molecule has 6 heterocycles. The lowest BCUT2D eigenvalue weighted by Crippen LogP contribution is -2.54. The highest BCUT2D eigenvalue weighted by Gasteiger charge is 2.38. The Morgan fingerprint density at radius 2 is 0.667 bits per heavy atom. The molecule has 0 radical (unpaired) electrons. The summed E-state index contributed by atoms with van der Waals surface area (Å²) in [4.78, 5) is 50.8. The van der Waals surface area contributed by atoms with E-state index < -0.39 is 25.6 Å². The number of esters is 2. The molecule has 12 nitrogen and oxygen atoms in total. The van der Waals surface area contributed by atoms with Gasteiger partial charge in [-0.15, -0.1) is 22.7 Å². The molecule has 0 aliphatic heterocycles. The summed E-state index contributed by atoms with van der Waals surface area (Å²) in [5.41, 5.74) is 13.0. The van der Waals surface area contributed by atoms with Gasteiger partial charge >= 0.3 is 25.6 Å². The number of aromatic nitrogens is 6. The summed E-state index contributed by atoms with van der Waals surface area (Å²) >= 11 is 2.73. The third-order valence-electron chi connectivity index (χ3n) is 19.6. The Bertz CT molecular complexity index is 6190. The number of nitrogens with zero attached hydrogens (tertiary/aromatic N) is 8. The van der Waals surface area contributed by atoms with Crippen molar-refractivity contribution >= 4 is 134 Å². The monoisotopic (exact) mass is 1420 g/mol. The lowest BCUT2D eigenvalue weighted by molar-refractivity contribution is 0.0730. The second kappa shape index (κ2) is 28.5. The first-order chi connectivity index (χ1) is 53.3. The van der Waals surface area contributed by atoms with Crippen LogP contribution in [-0.4, -0.2) is 54.5 Å². The van der Waals surface area contributed by atoms with Crippen LogP contribution in [0.15, 0.2) is 340 Å². The predicted octanol–water partition coefficient (Wildman–Crippen LogP) is 16.6. The van der Waals surface area contributed by atoms with Crippen LogP contribution in [0.5, 0.6) is 11.5 Å². The minimum atomic E-state index is -0.742. The fraction of sp³-hybridized carbons (Fsp3) is 0. The molecule has 0 fully saturated rings. The van der Waals surface area contributed by atoms with Gasteiger partial charge in [0.2, 0.25) is 0 Å². The third kappa shape index (κ3) is 12.3. The van der Waals surface area contributed by atoms with Crippen LogP contribution in [0.1, 0.15) is 30.7 Å². The smallest absolute Gasteiger partial charge is 0.353 e. The normalized spacial score (nSPS) is 11.9. The van der Waals surface area contributed by atoms with E-state index in [2.05, 4.69) is 93.9 Å².